The second-order valence-corrected chi connectivity index (χ2v) is 20.0. The molecule has 0 saturated heterocycles. The molecule has 8 aromatic rings. The van der Waals surface area contributed by atoms with Crippen molar-refractivity contribution in [2.24, 2.45) is 0 Å². The molecular weight excluding hydrogens is 852 g/mol. The van der Waals surface area contributed by atoms with Crippen molar-refractivity contribution in [1.29, 1.82) is 0 Å². The van der Waals surface area contributed by atoms with Crippen LogP contribution in [-0.4, -0.2) is 18.0 Å². The topological polar surface area (TPSA) is 25.8 Å². The zero-order chi connectivity index (χ0) is 35.5. The molecule has 3 heterocycles. The Morgan fingerprint density at radius 1 is 0.712 bits per heavy atom. The van der Waals surface area contributed by atoms with Gasteiger partial charge in [-0.05, 0) is 74.0 Å². The third kappa shape index (κ3) is 8.06. The van der Waals surface area contributed by atoms with Gasteiger partial charge in [0.1, 0.15) is 5.82 Å². The number of pyridine rings is 2. The number of aryl methyl sites for hydroxylation is 1. The standard InChI is InChI=1S/C31H21FNS.C15H18NSi.Ir/c1-20(21-6-3-2-4-7-21)23-16-17-33-29(19-23)24-12-15-30-28(18-24)27-9-5-8-26(31(27)34-30)22-10-13-25(32)14-11-22;1-12-10-14(13-8-6-5-7-9-13)16-11-15(12)17(2,3)4;/h2-11,13-20H,1H3;5-8,10-11H,1-4H3;/q2*-1;. The smallest absolute Gasteiger partial charge is 0.123 e. The van der Waals surface area contributed by atoms with Crippen LogP contribution in [-0.2, 0) is 20.1 Å². The Bertz CT molecular complexity index is 2440. The van der Waals surface area contributed by atoms with E-state index in [4.69, 9.17) is 0 Å². The fourth-order valence-corrected chi connectivity index (χ4v) is 9.49. The van der Waals surface area contributed by atoms with E-state index in [1.165, 1.54) is 54.2 Å². The van der Waals surface area contributed by atoms with Crippen molar-refractivity contribution in [3.63, 3.8) is 0 Å². The molecule has 52 heavy (non-hydrogen) atoms. The van der Waals surface area contributed by atoms with E-state index in [0.29, 0.717) is 0 Å². The maximum atomic E-state index is 13.5. The molecule has 1 atom stereocenters. The van der Waals surface area contributed by atoms with Crippen LogP contribution in [0.3, 0.4) is 0 Å². The molecule has 0 N–H and O–H groups in total. The minimum Gasteiger partial charge on any atom is -0.305 e. The summed E-state index contributed by atoms with van der Waals surface area (Å²) in [6.07, 6.45) is 3.94. The minimum absolute atomic E-state index is 0. The molecule has 8 rings (SSSR count). The zero-order valence-electron chi connectivity index (χ0n) is 29.9. The summed E-state index contributed by atoms with van der Waals surface area (Å²) in [5.41, 5.74) is 10.0. The minimum atomic E-state index is -1.27. The van der Waals surface area contributed by atoms with Gasteiger partial charge in [-0.25, -0.2) is 4.39 Å². The average Bonchev–Trinajstić information content (AvgIpc) is 3.54. The van der Waals surface area contributed by atoms with Crippen LogP contribution in [0.2, 0.25) is 19.6 Å². The number of hydrogen-bond acceptors (Lipinski definition) is 3. The first-order chi connectivity index (χ1) is 24.7. The molecule has 0 saturated carbocycles. The van der Waals surface area contributed by atoms with Gasteiger partial charge in [-0.1, -0.05) is 110 Å². The molecule has 0 aliphatic heterocycles. The number of rotatable bonds is 6. The monoisotopic (exact) mass is 891 g/mol. The third-order valence-corrected chi connectivity index (χ3v) is 12.7. The van der Waals surface area contributed by atoms with Gasteiger partial charge < -0.3 is 9.97 Å². The van der Waals surface area contributed by atoms with Crippen LogP contribution in [0.5, 0.6) is 0 Å². The second kappa shape index (κ2) is 16.0. The van der Waals surface area contributed by atoms with Crippen LogP contribution in [0.4, 0.5) is 4.39 Å². The van der Waals surface area contributed by atoms with Crippen molar-refractivity contribution in [3.8, 4) is 33.6 Å². The van der Waals surface area contributed by atoms with Crippen molar-refractivity contribution in [2.45, 2.75) is 39.4 Å². The van der Waals surface area contributed by atoms with Crippen molar-refractivity contribution >= 4 is 44.8 Å². The first-order valence-corrected chi connectivity index (χ1v) is 21.6. The first kappa shape index (κ1) is 37.2. The predicted molar refractivity (Wildman–Crippen MR) is 217 cm³/mol. The van der Waals surface area contributed by atoms with Gasteiger partial charge in [0.2, 0.25) is 0 Å². The summed E-state index contributed by atoms with van der Waals surface area (Å²) >= 11 is 1.75. The third-order valence-electron chi connectivity index (χ3n) is 9.35. The number of benzene rings is 5. The van der Waals surface area contributed by atoms with E-state index >= 15 is 0 Å². The van der Waals surface area contributed by atoms with E-state index in [-0.39, 0.29) is 31.8 Å². The van der Waals surface area contributed by atoms with E-state index in [0.717, 1.165) is 33.6 Å². The summed E-state index contributed by atoms with van der Waals surface area (Å²) in [6, 6.07) is 49.0. The van der Waals surface area contributed by atoms with Crippen molar-refractivity contribution in [3.05, 3.63) is 174 Å². The molecule has 2 nitrogen and oxygen atoms in total. The number of nitrogens with zero attached hydrogens (tertiary/aromatic N) is 2. The maximum Gasteiger partial charge on any atom is 0.123 e. The molecule has 5 aromatic carbocycles. The Morgan fingerprint density at radius 3 is 2.17 bits per heavy atom. The van der Waals surface area contributed by atoms with Gasteiger partial charge in [-0.3, -0.25) is 0 Å². The fourth-order valence-electron chi connectivity index (χ4n) is 6.59. The van der Waals surface area contributed by atoms with E-state index < -0.39 is 8.07 Å². The molecule has 1 radical (unpaired) electrons. The van der Waals surface area contributed by atoms with Crippen molar-refractivity contribution < 1.29 is 24.5 Å². The summed E-state index contributed by atoms with van der Waals surface area (Å²) in [4.78, 5) is 9.25. The molecule has 1 unspecified atom stereocenters. The fraction of sp³-hybridized carbons (Fsp3) is 0.130. The first-order valence-electron chi connectivity index (χ1n) is 17.2. The van der Waals surface area contributed by atoms with Crippen LogP contribution >= 0.6 is 11.3 Å². The summed E-state index contributed by atoms with van der Waals surface area (Å²) in [7, 11) is -1.27. The van der Waals surface area contributed by atoms with E-state index in [9.17, 15) is 4.39 Å². The van der Waals surface area contributed by atoms with Gasteiger partial charge in [-0.2, -0.15) is 11.3 Å². The van der Waals surface area contributed by atoms with Gasteiger partial charge >= 0.3 is 0 Å². The number of halogens is 1. The molecule has 0 aliphatic carbocycles. The van der Waals surface area contributed by atoms with Crippen LogP contribution in [0.25, 0.3) is 53.8 Å². The van der Waals surface area contributed by atoms with Gasteiger partial charge in [0, 0.05) is 43.1 Å². The number of fused-ring (bicyclic) bond motifs is 3. The molecule has 261 valence electrons. The van der Waals surface area contributed by atoms with Crippen LogP contribution in [0.1, 0.15) is 29.5 Å². The molecule has 0 spiro atoms. The van der Waals surface area contributed by atoms with Crippen LogP contribution < -0.4 is 5.19 Å². The van der Waals surface area contributed by atoms with Gasteiger partial charge in [0.25, 0.3) is 0 Å². The summed E-state index contributed by atoms with van der Waals surface area (Å²) in [5, 5.41) is 3.84. The van der Waals surface area contributed by atoms with Crippen LogP contribution in [0, 0.1) is 24.9 Å². The second-order valence-electron chi connectivity index (χ2n) is 13.9. The normalized spacial score (nSPS) is 11.8. The van der Waals surface area contributed by atoms with Crippen molar-refractivity contribution in [1.82, 2.24) is 9.97 Å². The Labute approximate surface area is 324 Å². The quantitative estimate of drug-likeness (QED) is 0.123. The molecule has 0 bridgehead atoms. The molecule has 0 fully saturated rings. The Kier molecular flexibility index (Phi) is 11.4. The number of aromatic nitrogens is 2. The number of hydrogen-bond donors (Lipinski definition) is 0. The van der Waals surface area contributed by atoms with Crippen molar-refractivity contribution in [2.75, 3.05) is 0 Å². The van der Waals surface area contributed by atoms with Crippen LogP contribution in [0.15, 0.2) is 140 Å². The molecule has 6 heteroatoms. The molecular formula is C46H39FIrN2SSi-2. The Morgan fingerprint density at radius 2 is 1.46 bits per heavy atom. The average molecular weight is 891 g/mol. The van der Waals surface area contributed by atoms with E-state index in [1.54, 1.807) is 11.3 Å². The maximum absolute atomic E-state index is 13.5. The van der Waals surface area contributed by atoms with Gasteiger partial charge in [0.05, 0.1) is 8.07 Å². The van der Waals surface area contributed by atoms with E-state index in [2.05, 4.69) is 141 Å². The predicted octanol–water partition coefficient (Wildman–Crippen LogP) is 12.3. The van der Waals surface area contributed by atoms with Gasteiger partial charge in [0.15, 0.2) is 0 Å². The number of thiophene rings is 1. The Hall–Kier alpha value is -4.58. The molecule has 3 aromatic heterocycles. The summed E-state index contributed by atoms with van der Waals surface area (Å²) in [5.74, 6) is 0.0646. The van der Waals surface area contributed by atoms with E-state index in [1.807, 2.05) is 42.6 Å². The summed E-state index contributed by atoms with van der Waals surface area (Å²) < 4.78 is 15.8. The zero-order valence-corrected chi connectivity index (χ0v) is 34.1. The molecule has 0 amide bonds. The Balaban J connectivity index is 0.000000218. The SMILES string of the molecule is CC(c1ccccc1)c1ccnc(-c2[c-]cc3sc4c(-c5ccc(F)cc5)cccc4c3c2)c1.Cc1cc(-c2[c-]cccc2)ncc1[Si](C)(C)C.[Ir]. The van der Waals surface area contributed by atoms with Gasteiger partial charge in [-0.15, -0.1) is 59.7 Å². The summed E-state index contributed by atoms with van der Waals surface area (Å²) in [6.45, 7) is 11.5. The largest absolute Gasteiger partial charge is 0.305 e. The molecule has 0 aliphatic rings.